The van der Waals surface area contributed by atoms with Gasteiger partial charge < -0.3 is 0 Å². The maximum atomic E-state index is 12.7. The summed E-state index contributed by atoms with van der Waals surface area (Å²) in [7, 11) is 0. The second kappa shape index (κ2) is 6.39. The first-order valence-electron chi connectivity index (χ1n) is 5.71. The van der Waals surface area contributed by atoms with Crippen LogP contribution in [-0.2, 0) is 0 Å². The maximum Gasteiger partial charge on any atom is 0.123 e. The second-order valence-corrected chi connectivity index (χ2v) is 3.85. The van der Waals surface area contributed by atoms with Crippen LogP contribution in [0.3, 0.4) is 0 Å². The molecule has 0 N–H and O–H groups in total. The van der Waals surface area contributed by atoms with Gasteiger partial charge in [0, 0.05) is 1.43 Å². The molecule has 0 unspecified atom stereocenters. The summed E-state index contributed by atoms with van der Waals surface area (Å²) in [5.74, 6) is -0.167. The Morgan fingerprint density at radius 3 is 2.13 bits per heavy atom. The van der Waals surface area contributed by atoms with Gasteiger partial charge in [-0.15, -0.1) is 0 Å². The molecule has 0 radical (unpaired) electrons. The summed E-state index contributed by atoms with van der Waals surface area (Å²) in [6, 6.07) is 6.70. The molecule has 0 spiro atoms. The third kappa shape index (κ3) is 4.28. The minimum Gasteiger partial charge on any atom is -0.207 e. The van der Waals surface area contributed by atoms with Crippen molar-refractivity contribution in [2.75, 3.05) is 0 Å². The zero-order chi connectivity index (χ0) is 11.1. The van der Waals surface area contributed by atoms with Crippen LogP contribution in [0, 0.1) is 5.82 Å². The van der Waals surface area contributed by atoms with Crippen molar-refractivity contribution >= 4 is 6.08 Å². The molecule has 1 aromatic rings. The number of benzene rings is 1. The monoisotopic (exact) mass is 208 g/mol. The van der Waals surface area contributed by atoms with Gasteiger partial charge in [0.2, 0.25) is 0 Å². The third-order valence-corrected chi connectivity index (χ3v) is 2.38. The number of hydrogen-bond donors (Lipinski definition) is 0. The molecule has 84 valence electrons. The Kier molecular flexibility index (Phi) is 5.09. The summed E-state index contributed by atoms with van der Waals surface area (Å²) in [4.78, 5) is 0. The van der Waals surface area contributed by atoms with Gasteiger partial charge in [0.05, 0.1) is 0 Å². The first-order chi connectivity index (χ1) is 7.26. The standard InChI is InChI=1S/C14H19F.H2/c1-3-5-12(6-4-2)11-13-7-9-14(15)10-8-13;/h7-11H,3-6H2,1-2H3;1H. The molecule has 0 heterocycles. The van der Waals surface area contributed by atoms with Crippen LogP contribution in [0.4, 0.5) is 4.39 Å². The highest BCUT2D eigenvalue weighted by Crippen LogP contribution is 2.16. The Morgan fingerprint density at radius 2 is 1.67 bits per heavy atom. The fraction of sp³-hybridized carbons (Fsp3) is 0.429. The van der Waals surface area contributed by atoms with E-state index < -0.39 is 0 Å². The van der Waals surface area contributed by atoms with E-state index in [1.165, 1.54) is 30.5 Å². The zero-order valence-electron chi connectivity index (χ0n) is 9.59. The molecule has 15 heavy (non-hydrogen) atoms. The Hall–Kier alpha value is -1.11. The van der Waals surface area contributed by atoms with Gasteiger partial charge >= 0.3 is 0 Å². The summed E-state index contributed by atoms with van der Waals surface area (Å²) in [5, 5.41) is 0. The van der Waals surface area contributed by atoms with Gasteiger partial charge in [0.15, 0.2) is 0 Å². The second-order valence-electron chi connectivity index (χ2n) is 3.85. The maximum absolute atomic E-state index is 12.7. The molecular formula is C14H21F. The lowest BCUT2D eigenvalue weighted by atomic mass is 10.0. The Bertz CT molecular complexity index is 306. The van der Waals surface area contributed by atoms with Gasteiger partial charge in [-0.2, -0.15) is 0 Å². The lowest BCUT2D eigenvalue weighted by Crippen LogP contribution is -1.84. The molecule has 1 aromatic carbocycles. The van der Waals surface area contributed by atoms with E-state index in [1.54, 1.807) is 0 Å². The smallest absolute Gasteiger partial charge is 0.123 e. The first kappa shape index (κ1) is 12.0. The van der Waals surface area contributed by atoms with Crippen molar-refractivity contribution < 1.29 is 5.82 Å². The van der Waals surface area contributed by atoms with Crippen LogP contribution in [0.2, 0.25) is 0 Å². The van der Waals surface area contributed by atoms with Crippen molar-refractivity contribution in [2.24, 2.45) is 0 Å². The fourth-order valence-corrected chi connectivity index (χ4v) is 1.71. The van der Waals surface area contributed by atoms with Crippen molar-refractivity contribution in [3.63, 3.8) is 0 Å². The molecule has 0 atom stereocenters. The van der Waals surface area contributed by atoms with Crippen LogP contribution in [0.5, 0.6) is 0 Å². The number of rotatable bonds is 5. The summed E-state index contributed by atoms with van der Waals surface area (Å²) >= 11 is 0. The molecule has 0 aliphatic heterocycles. The lowest BCUT2D eigenvalue weighted by molar-refractivity contribution is 0.627. The molecular weight excluding hydrogens is 187 g/mol. The van der Waals surface area contributed by atoms with Crippen molar-refractivity contribution in [2.45, 2.75) is 39.5 Å². The van der Waals surface area contributed by atoms with E-state index in [9.17, 15) is 4.39 Å². The highest BCUT2D eigenvalue weighted by molar-refractivity contribution is 5.52. The Morgan fingerprint density at radius 1 is 1.13 bits per heavy atom. The van der Waals surface area contributed by atoms with E-state index in [-0.39, 0.29) is 7.24 Å². The normalized spacial score (nSPS) is 10.1. The van der Waals surface area contributed by atoms with Gasteiger partial charge in [0.25, 0.3) is 0 Å². The summed E-state index contributed by atoms with van der Waals surface area (Å²) in [6.07, 6.45) is 6.82. The van der Waals surface area contributed by atoms with Gasteiger partial charge in [-0.05, 0) is 30.5 Å². The van der Waals surface area contributed by atoms with Crippen LogP contribution < -0.4 is 0 Å². The molecule has 0 fully saturated rings. The van der Waals surface area contributed by atoms with Gasteiger partial charge in [-0.3, -0.25) is 0 Å². The predicted molar refractivity (Wildman–Crippen MR) is 66.3 cm³/mol. The highest BCUT2D eigenvalue weighted by Gasteiger charge is 1.96. The zero-order valence-corrected chi connectivity index (χ0v) is 9.59. The number of hydrogen-bond acceptors (Lipinski definition) is 0. The van der Waals surface area contributed by atoms with Crippen LogP contribution in [0.25, 0.3) is 6.08 Å². The largest absolute Gasteiger partial charge is 0.207 e. The lowest BCUT2D eigenvalue weighted by Gasteiger charge is -2.04. The van der Waals surface area contributed by atoms with E-state index in [1.807, 2.05) is 12.1 Å². The van der Waals surface area contributed by atoms with E-state index in [4.69, 9.17) is 0 Å². The quantitative estimate of drug-likeness (QED) is 0.634. The van der Waals surface area contributed by atoms with Crippen molar-refractivity contribution in [1.82, 2.24) is 0 Å². The summed E-state index contributed by atoms with van der Waals surface area (Å²) in [6.45, 7) is 4.38. The molecule has 0 saturated heterocycles. The van der Waals surface area contributed by atoms with E-state index >= 15 is 0 Å². The van der Waals surface area contributed by atoms with Crippen LogP contribution in [0.1, 0.15) is 46.5 Å². The van der Waals surface area contributed by atoms with E-state index in [0.717, 1.165) is 18.4 Å². The molecule has 0 aromatic heterocycles. The van der Waals surface area contributed by atoms with Gasteiger partial charge in [0.1, 0.15) is 5.82 Å². The molecule has 0 nitrogen and oxygen atoms in total. The molecule has 0 amide bonds. The van der Waals surface area contributed by atoms with Crippen molar-refractivity contribution in [3.8, 4) is 0 Å². The molecule has 0 saturated carbocycles. The van der Waals surface area contributed by atoms with Gasteiger partial charge in [-0.1, -0.05) is 50.5 Å². The SMILES string of the molecule is CCCC(=Cc1ccc(F)cc1)CCC.[HH]. The first-order valence-corrected chi connectivity index (χ1v) is 5.71. The highest BCUT2D eigenvalue weighted by atomic mass is 19.1. The fourth-order valence-electron chi connectivity index (χ4n) is 1.71. The van der Waals surface area contributed by atoms with Crippen molar-refractivity contribution in [3.05, 3.63) is 41.2 Å². The summed E-state index contributed by atoms with van der Waals surface area (Å²) < 4.78 is 12.7. The molecule has 1 heteroatoms. The van der Waals surface area contributed by atoms with Crippen LogP contribution >= 0.6 is 0 Å². The third-order valence-electron chi connectivity index (χ3n) is 2.38. The van der Waals surface area contributed by atoms with Crippen LogP contribution in [0.15, 0.2) is 29.8 Å². The minimum absolute atomic E-state index is 0. The molecule has 0 aliphatic carbocycles. The summed E-state index contributed by atoms with van der Waals surface area (Å²) in [5.41, 5.74) is 2.57. The van der Waals surface area contributed by atoms with E-state index in [0.29, 0.717) is 0 Å². The molecule has 1 rings (SSSR count). The van der Waals surface area contributed by atoms with Crippen LogP contribution in [-0.4, -0.2) is 0 Å². The Labute approximate surface area is 93.3 Å². The molecule has 0 aliphatic rings. The average Bonchev–Trinajstić information content (AvgIpc) is 2.22. The van der Waals surface area contributed by atoms with Gasteiger partial charge in [-0.25, -0.2) is 4.39 Å². The van der Waals surface area contributed by atoms with Crippen molar-refractivity contribution in [1.29, 1.82) is 0 Å². The number of halogens is 1. The number of allylic oxidation sites excluding steroid dienone is 1. The topological polar surface area (TPSA) is 0 Å². The predicted octanol–water partition coefficient (Wildman–Crippen LogP) is 5.06. The molecule has 0 bridgehead atoms. The minimum atomic E-state index is -0.167. The average molecular weight is 208 g/mol. The Balaban J connectivity index is 0.00000225. The van der Waals surface area contributed by atoms with E-state index in [2.05, 4.69) is 19.9 Å².